The summed E-state index contributed by atoms with van der Waals surface area (Å²) < 4.78 is 5.70. The number of hydrogen-bond acceptors (Lipinski definition) is 4. The van der Waals surface area contributed by atoms with Gasteiger partial charge in [-0.1, -0.05) is 12.1 Å². The van der Waals surface area contributed by atoms with Crippen LogP contribution in [0.2, 0.25) is 0 Å². The van der Waals surface area contributed by atoms with Crippen LogP contribution < -0.4 is 5.32 Å². The van der Waals surface area contributed by atoms with Crippen LogP contribution in [0.1, 0.15) is 35.1 Å². The fourth-order valence-corrected chi connectivity index (χ4v) is 4.24. The Kier molecular flexibility index (Phi) is 5.25. The molecule has 1 fully saturated rings. The van der Waals surface area contributed by atoms with Gasteiger partial charge in [-0.15, -0.1) is 22.7 Å². The molecule has 1 aliphatic rings. The Morgan fingerprint density at radius 1 is 1.25 bits per heavy atom. The molecule has 1 N–H and O–H groups in total. The molecule has 2 aromatic rings. The van der Waals surface area contributed by atoms with E-state index in [-0.39, 0.29) is 0 Å². The summed E-state index contributed by atoms with van der Waals surface area (Å²) in [5, 5.41) is 8.05. The molecule has 3 heterocycles. The van der Waals surface area contributed by atoms with Gasteiger partial charge in [0.25, 0.3) is 0 Å². The standard InChI is InChI=1S/C16H21NOS2/c1-4-13(18-9-1)7-8-17-15(16-6-3-11-20-16)12-14-5-2-10-19-14/h2-3,5-6,10-11,13,15,17H,1,4,7-9,12H2. The average Bonchev–Trinajstić information content (AvgIpc) is 3.21. The van der Waals surface area contributed by atoms with Gasteiger partial charge in [-0.3, -0.25) is 0 Å². The molecule has 0 aromatic carbocycles. The lowest BCUT2D eigenvalue weighted by molar-refractivity contribution is 0.103. The van der Waals surface area contributed by atoms with Crippen molar-refractivity contribution in [3.05, 3.63) is 44.8 Å². The molecule has 1 saturated heterocycles. The van der Waals surface area contributed by atoms with Gasteiger partial charge in [0, 0.05) is 28.8 Å². The Morgan fingerprint density at radius 3 is 2.85 bits per heavy atom. The molecule has 2 nitrogen and oxygen atoms in total. The first-order valence-electron chi connectivity index (χ1n) is 7.32. The molecule has 0 radical (unpaired) electrons. The van der Waals surface area contributed by atoms with Gasteiger partial charge in [0.15, 0.2) is 0 Å². The van der Waals surface area contributed by atoms with Crippen molar-refractivity contribution in [3.63, 3.8) is 0 Å². The zero-order chi connectivity index (χ0) is 13.6. The van der Waals surface area contributed by atoms with Gasteiger partial charge in [0.05, 0.1) is 6.10 Å². The van der Waals surface area contributed by atoms with Gasteiger partial charge in [-0.05, 0) is 48.7 Å². The topological polar surface area (TPSA) is 21.3 Å². The van der Waals surface area contributed by atoms with Crippen LogP contribution in [0.4, 0.5) is 0 Å². The van der Waals surface area contributed by atoms with Crippen molar-refractivity contribution in [1.82, 2.24) is 5.32 Å². The van der Waals surface area contributed by atoms with E-state index in [4.69, 9.17) is 4.74 Å². The third kappa shape index (κ3) is 3.92. The molecule has 4 heteroatoms. The first-order chi connectivity index (χ1) is 9.92. The second-order valence-electron chi connectivity index (χ2n) is 5.23. The minimum Gasteiger partial charge on any atom is -0.378 e. The molecular weight excluding hydrogens is 286 g/mol. The van der Waals surface area contributed by atoms with Crippen LogP contribution in [0.3, 0.4) is 0 Å². The van der Waals surface area contributed by atoms with Gasteiger partial charge >= 0.3 is 0 Å². The Morgan fingerprint density at radius 2 is 2.15 bits per heavy atom. The molecule has 0 aliphatic carbocycles. The van der Waals surface area contributed by atoms with Crippen molar-refractivity contribution >= 4 is 22.7 Å². The molecule has 2 unspecified atom stereocenters. The highest BCUT2D eigenvalue weighted by Crippen LogP contribution is 2.25. The third-order valence-electron chi connectivity index (χ3n) is 3.75. The Bertz CT molecular complexity index is 475. The highest BCUT2D eigenvalue weighted by atomic mass is 32.1. The molecule has 3 rings (SSSR count). The molecule has 2 atom stereocenters. The molecular formula is C16H21NOS2. The maximum Gasteiger partial charge on any atom is 0.0588 e. The highest BCUT2D eigenvalue weighted by Gasteiger charge is 2.17. The smallest absolute Gasteiger partial charge is 0.0588 e. The molecule has 108 valence electrons. The predicted molar refractivity (Wildman–Crippen MR) is 86.7 cm³/mol. The Balaban J connectivity index is 1.54. The van der Waals surface area contributed by atoms with Gasteiger partial charge in [0.1, 0.15) is 0 Å². The molecule has 20 heavy (non-hydrogen) atoms. The first-order valence-corrected chi connectivity index (χ1v) is 9.08. The van der Waals surface area contributed by atoms with Crippen molar-refractivity contribution in [2.75, 3.05) is 13.2 Å². The van der Waals surface area contributed by atoms with E-state index in [1.54, 1.807) is 0 Å². The van der Waals surface area contributed by atoms with Crippen LogP contribution in [0, 0.1) is 0 Å². The summed E-state index contributed by atoms with van der Waals surface area (Å²) in [5.41, 5.74) is 0. The SMILES string of the molecule is c1csc(CC(NCCC2CCCO2)c2cccs2)c1. The average molecular weight is 307 g/mol. The van der Waals surface area contributed by atoms with Crippen molar-refractivity contribution in [1.29, 1.82) is 0 Å². The lowest BCUT2D eigenvalue weighted by Crippen LogP contribution is -2.26. The summed E-state index contributed by atoms with van der Waals surface area (Å²) >= 11 is 3.69. The van der Waals surface area contributed by atoms with E-state index in [1.165, 1.54) is 22.6 Å². The molecule has 0 bridgehead atoms. The molecule has 0 saturated carbocycles. The second kappa shape index (κ2) is 7.36. The highest BCUT2D eigenvalue weighted by molar-refractivity contribution is 7.10. The number of ether oxygens (including phenoxy) is 1. The lowest BCUT2D eigenvalue weighted by Gasteiger charge is -2.18. The van der Waals surface area contributed by atoms with Crippen LogP contribution in [0.15, 0.2) is 35.0 Å². The maximum absolute atomic E-state index is 5.70. The van der Waals surface area contributed by atoms with E-state index in [0.717, 1.165) is 26.0 Å². The van der Waals surface area contributed by atoms with E-state index in [0.29, 0.717) is 12.1 Å². The molecule has 0 spiro atoms. The maximum atomic E-state index is 5.70. The summed E-state index contributed by atoms with van der Waals surface area (Å²) in [6.45, 7) is 1.99. The number of hydrogen-bond donors (Lipinski definition) is 1. The lowest BCUT2D eigenvalue weighted by atomic mass is 10.1. The number of rotatable bonds is 7. The van der Waals surface area contributed by atoms with E-state index in [9.17, 15) is 0 Å². The van der Waals surface area contributed by atoms with Crippen molar-refractivity contribution in [2.24, 2.45) is 0 Å². The summed E-state index contributed by atoms with van der Waals surface area (Å²) in [4.78, 5) is 2.89. The summed E-state index contributed by atoms with van der Waals surface area (Å²) in [7, 11) is 0. The van der Waals surface area contributed by atoms with Crippen molar-refractivity contribution < 1.29 is 4.74 Å². The Labute approximate surface area is 128 Å². The number of thiophene rings is 2. The summed E-state index contributed by atoms with van der Waals surface area (Å²) in [6, 6.07) is 9.19. The largest absolute Gasteiger partial charge is 0.378 e. The van der Waals surface area contributed by atoms with E-state index < -0.39 is 0 Å². The van der Waals surface area contributed by atoms with Gasteiger partial charge in [-0.2, -0.15) is 0 Å². The summed E-state index contributed by atoms with van der Waals surface area (Å²) in [5.74, 6) is 0. The fourth-order valence-electron chi connectivity index (χ4n) is 2.68. The van der Waals surface area contributed by atoms with Crippen molar-refractivity contribution in [3.8, 4) is 0 Å². The molecule has 1 aliphatic heterocycles. The Hall–Kier alpha value is -0.680. The monoisotopic (exact) mass is 307 g/mol. The normalized spacial score (nSPS) is 20.3. The van der Waals surface area contributed by atoms with Gasteiger partial charge in [-0.25, -0.2) is 0 Å². The predicted octanol–water partition coefficient (Wildman–Crippen LogP) is 4.25. The van der Waals surface area contributed by atoms with Crippen LogP contribution in [0.5, 0.6) is 0 Å². The van der Waals surface area contributed by atoms with Crippen LogP contribution in [-0.4, -0.2) is 19.3 Å². The van der Waals surface area contributed by atoms with E-state index in [1.807, 2.05) is 22.7 Å². The van der Waals surface area contributed by atoms with E-state index >= 15 is 0 Å². The van der Waals surface area contributed by atoms with Crippen molar-refractivity contribution in [2.45, 2.75) is 37.8 Å². The van der Waals surface area contributed by atoms with Crippen LogP contribution in [-0.2, 0) is 11.2 Å². The first kappa shape index (κ1) is 14.3. The summed E-state index contributed by atoms with van der Waals surface area (Å²) in [6.07, 6.45) is 5.16. The van der Waals surface area contributed by atoms with Gasteiger partial charge < -0.3 is 10.1 Å². The quantitative estimate of drug-likeness (QED) is 0.825. The van der Waals surface area contributed by atoms with E-state index in [2.05, 4.69) is 40.3 Å². The number of nitrogens with one attached hydrogen (secondary N) is 1. The third-order valence-corrected chi connectivity index (χ3v) is 5.64. The fraction of sp³-hybridized carbons (Fsp3) is 0.500. The minimum atomic E-state index is 0.440. The molecule has 0 amide bonds. The second-order valence-corrected chi connectivity index (χ2v) is 7.24. The van der Waals surface area contributed by atoms with Gasteiger partial charge in [0.2, 0.25) is 0 Å². The minimum absolute atomic E-state index is 0.440. The zero-order valence-corrected chi connectivity index (χ0v) is 13.2. The zero-order valence-electron chi connectivity index (χ0n) is 11.6. The molecule has 2 aromatic heterocycles. The van der Waals surface area contributed by atoms with Crippen LogP contribution in [0.25, 0.3) is 0 Å². The van der Waals surface area contributed by atoms with Crippen LogP contribution >= 0.6 is 22.7 Å².